The predicted molar refractivity (Wildman–Crippen MR) is 135 cm³/mol. The maximum absolute atomic E-state index is 13.1. The first-order valence-electron chi connectivity index (χ1n) is 11.4. The van der Waals surface area contributed by atoms with Gasteiger partial charge in [-0.2, -0.15) is 0 Å². The highest BCUT2D eigenvalue weighted by molar-refractivity contribution is 7.99. The largest absolute Gasteiger partial charge is 0.384 e. The fraction of sp³-hybridized carbons (Fsp3) is 0.435. The molecule has 0 radical (unpaired) electrons. The Morgan fingerprint density at radius 1 is 1.20 bits per heavy atom. The van der Waals surface area contributed by atoms with Gasteiger partial charge in [0.15, 0.2) is 10.9 Å². The number of morpholine rings is 1. The van der Waals surface area contributed by atoms with Gasteiger partial charge in [-0.05, 0) is 24.5 Å². The van der Waals surface area contributed by atoms with Crippen molar-refractivity contribution in [3.8, 4) is 5.69 Å². The number of carbonyl (C=O) groups excluding carboxylic acids is 1. The van der Waals surface area contributed by atoms with E-state index in [0.717, 1.165) is 11.3 Å². The van der Waals surface area contributed by atoms with E-state index in [-0.39, 0.29) is 23.1 Å². The third kappa shape index (κ3) is 5.17. The number of nitrogens with zero attached hydrogens (tertiary/aromatic N) is 5. The van der Waals surface area contributed by atoms with Crippen molar-refractivity contribution in [2.24, 2.45) is 5.92 Å². The van der Waals surface area contributed by atoms with E-state index in [0.29, 0.717) is 44.0 Å². The van der Waals surface area contributed by atoms with Gasteiger partial charge in [0, 0.05) is 19.6 Å². The zero-order valence-electron chi connectivity index (χ0n) is 20.0. The molecule has 2 aromatic heterocycles. The summed E-state index contributed by atoms with van der Waals surface area (Å²) in [5.41, 5.74) is 6.41. The van der Waals surface area contributed by atoms with Gasteiger partial charge < -0.3 is 15.4 Å². The topological polar surface area (TPSA) is 141 Å². The fourth-order valence-corrected chi connectivity index (χ4v) is 4.77. The molecule has 3 aromatic rings. The quantitative estimate of drug-likeness (QED) is 0.348. The first kappa shape index (κ1) is 24.7. The minimum absolute atomic E-state index is 0.0969. The summed E-state index contributed by atoms with van der Waals surface area (Å²) in [6.45, 7) is 8.66. The molecule has 0 atom stereocenters. The molecule has 1 aliphatic rings. The van der Waals surface area contributed by atoms with E-state index in [4.69, 9.17) is 10.5 Å². The van der Waals surface area contributed by atoms with Crippen molar-refractivity contribution >= 4 is 29.3 Å². The Bertz CT molecular complexity index is 1340. The lowest BCUT2D eigenvalue weighted by molar-refractivity contribution is 0.102. The van der Waals surface area contributed by atoms with Gasteiger partial charge >= 0.3 is 5.69 Å². The molecule has 3 N–H and O–H groups in total. The molecular weight excluding hydrogens is 470 g/mol. The second-order valence-corrected chi connectivity index (χ2v) is 9.68. The van der Waals surface area contributed by atoms with E-state index in [1.54, 1.807) is 0 Å². The van der Waals surface area contributed by atoms with Gasteiger partial charge in [0.2, 0.25) is 5.95 Å². The van der Waals surface area contributed by atoms with Crippen LogP contribution in [0.1, 0.15) is 29.8 Å². The molecule has 3 heterocycles. The van der Waals surface area contributed by atoms with Crippen LogP contribution in [0.4, 0.5) is 11.8 Å². The van der Waals surface area contributed by atoms with E-state index >= 15 is 0 Å². The Morgan fingerprint density at radius 2 is 1.91 bits per heavy atom. The van der Waals surface area contributed by atoms with Crippen LogP contribution >= 0.6 is 11.8 Å². The van der Waals surface area contributed by atoms with Crippen molar-refractivity contribution in [1.82, 2.24) is 24.3 Å². The smallest absolute Gasteiger partial charge is 0.329 e. The van der Waals surface area contributed by atoms with Crippen molar-refractivity contribution in [2.45, 2.75) is 32.5 Å². The number of aromatic nitrogens is 5. The lowest BCUT2D eigenvalue weighted by Gasteiger charge is -2.28. The van der Waals surface area contributed by atoms with Crippen LogP contribution in [0.15, 0.2) is 39.0 Å². The SMILES string of the molecule is Cc1ccccc1-n1c(SCC(=O)c2c(N)n(CC(C)C)c(=O)[nH]c2=O)nnc1N1CCOCC1. The molecular formula is C23H29N7O4S. The van der Waals surface area contributed by atoms with Gasteiger partial charge in [-0.25, -0.2) is 4.79 Å². The molecule has 0 unspecified atom stereocenters. The number of nitrogens with two attached hydrogens (primary N) is 1. The number of ether oxygens (including phenoxy) is 1. The summed E-state index contributed by atoms with van der Waals surface area (Å²) >= 11 is 1.17. The number of H-pyrrole nitrogens is 1. The highest BCUT2D eigenvalue weighted by atomic mass is 32.2. The standard InChI is InChI=1S/C23H29N7O4S/c1-14(2)12-29-19(24)18(20(32)25-22(29)33)17(31)13-35-23-27-26-21(28-8-10-34-11-9-28)30(23)16-7-5-4-6-15(16)3/h4-7,14H,8-13,24H2,1-3H3,(H,25,32,33). The number of anilines is 2. The van der Waals surface area contributed by atoms with Crippen LogP contribution < -0.4 is 21.9 Å². The van der Waals surface area contributed by atoms with Crippen molar-refractivity contribution < 1.29 is 9.53 Å². The number of aromatic amines is 1. The van der Waals surface area contributed by atoms with Crippen LogP contribution in [0.3, 0.4) is 0 Å². The summed E-state index contributed by atoms with van der Waals surface area (Å²) in [4.78, 5) is 42.1. The molecule has 1 fully saturated rings. The molecule has 4 rings (SSSR count). The Morgan fingerprint density at radius 3 is 2.60 bits per heavy atom. The molecule has 0 spiro atoms. The minimum atomic E-state index is -0.785. The summed E-state index contributed by atoms with van der Waals surface area (Å²) in [6, 6.07) is 7.85. The number of thioether (sulfide) groups is 1. The van der Waals surface area contributed by atoms with Crippen LogP contribution in [0, 0.1) is 12.8 Å². The number of Topliss-reactive ketones (excluding diaryl/α,β-unsaturated/α-hetero) is 1. The molecule has 12 heteroatoms. The van der Waals surface area contributed by atoms with Gasteiger partial charge in [0.25, 0.3) is 5.56 Å². The van der Waals surface area contributed by atoms with Gasteiger partial charge in [-0.15, -0.1) is 10.2 Å². The van der Waals surface area contributed by atoms with Gasteiger partial charge in [0.1, 0.15) is 11.4 Å². The van der Waals surface area contributed by atoms with E-state index in [1.807, 2.05) is 49.6 Å². The van der Waals surface area contributed by atoms with Crippen LogP contribution in [-0.4, -0.2) is 62.2 Å². The van der Waals surface area contributed by atoms with Crippen LogP contribution in [0.2, 0.25) is 0 Å². The third-order valence-electron chi connectivity index (χ3n) is 5.67. The first-order valence-corrected chi connectivity index (χ1v) is 12.4. The maximum Gasteiger partial charge on any atom is 0.329 e. The van der Waals surface area contributed by atoms with Crippen molar-refractivity contribution in [2.75, 3.05) is 42.7 Å². The van der Waals surface area contributed by atoms with E-state index in [1.165, 1.54) is 16.3 Å². The number of ketones is 1. The Balaban J connectivity index is 1.66. The minimum Gasteiger partial charge on any atom is -0.384 e. The molecule has 0 saturated carbocycles. The number of carbonyl (C=O) groups is 1. The number of para-hydroxylation sites is 1. The normalized spacial score (nSPS) is 14.0. The zero-order valence-corrected chi connectivity index (χ0v) is 20.8. The van der Waals surface area contributed by atoms with Crippen LogP contribution in [0.25, 0.3) is 5.69 Å². The Hall–Kier alpha value is -3.38. The highest BCUT2D eigenvalue weighted by Crippen LogP contribution is 2.29. The van der Waals surface area contributed by atoms with Gasteiger partial charge in [0.05, 0.1) is 24.7 Å². The number of hydrogen-bond donors (Lipinski definition) is 2. The first-order chi connectivity index (χ1) is 16.8. The number of aryl methyl sites for hydroxylation is 1. The average molecular weight is 500 g/mol. The van der Waals surface area contributed by atoms with E-state index in [2.05, 4.69) is 20.1 Å². The number of hydrogen-bond acceptors (Lipinski definition) is 9. The molecule has 0 aliphatic carbocycles. The molecule has 1 saturated heterocycles. The second kappa shape index (κ2) is 10.5. The number of nitrogen functional groups attached to an aromatic ring is 1. The number of nitrogens with one attached hydrogen (secondary N) is 1. The maximum atomic E-state index is 13.1. The summed E-state index contributed by atoms with van der Waals surface area (Å²) in [5.74, 6) is 0.0659. The molecule has 0 bridgehead atoms. The Labute approximate surface area is 206 Å². The fourth-order valence-electron chi connectivity index (χ4n) is 3.95. The number of benzene rings is 1. The van der Waals surface area contributed by atoms with Crippen LogP contribution in [-0.2, 0) is 11.3 Å². The average Bonchev–Trinajstić information content (AvgIpc) is 3.24. The zero-order chi connectivity index (χ0) is 25.1. The van der Waals surface area contributed by atoms with E-state index in [9.17, 15) is 14.4 Å². The molecule has 0 amide bonds. The summed E-state index contributed by atoms with van der Waals surface area (Å²) in [5, 5.41) is 9.29. The highest BCUT2D eigenvalue weighted by Gasteiger charge is 2.25. The summed E-state index contributed by atoms with van der Waals surface area (Å²) in [7, 11) is 0. The molecule has 1 aliphatic heterocycles. The second-order valence-electron chi connectivity index (χ2n) is 8.74. The predicted octanol–water partition coefficient (Wildman–Crippen LogP) is 1.48. The lowest BCUT2D eigenvalue weighted by atomic mass is 10.2. The molecule has 35 heavy (non-hydrogen) atoms. The van der Waals surface area contributed by atoms with Crippen molar-refractivity contribution in [3.63, 3.8) is 0 Å². The molecule has 1 aromatic carbocycles. The number of rotatable bonds is 8. The molecule has 11 nitrogen and oxygen atoms in total. The summed E-state index contributed by atoms with van der Waals surface area (Å²) < 4.78 is 8.63. The van der Waals surface area contributed by atoms with Crippen molar-refractivity contribution in [3.05, 3.63) is 56.2 Å². The van der Waals surface area contributed by atoms with Gasteiger partial charge in [-0.3, -0.25) is 23.7 Å². The van der Waals surface area contributed by atoms with Crippen LogP contribution in [0.5, 0.6) is 0 Å². The lowest BCUT2D eigenvalue weighted by Crippen LogP contribution is -2.38. The van der Waals surface area contributed by atoms with E-state index < -0.39 is 17.0 Å². The van der Waals surface area contributed by atoms with Crippen molar-refractivity contribution in [1.29, 1.82) is 0 Å². The molecule has 186 valence electrons. The Kier molecular flexibility index (Phi) is 7.41. The van der Waals surface area contributed by atoms with Gasteiger partial charge in [-0.1, -0.05) is 43.8 Å². The monoisotopic (exact) mass is 499 g/mol. The summed E-state index contributed by atoms with van der Waals surface area (Å²) in [6.07, 6.45) is 0. The third-order valence-corrected chi connectivity index (χ3v) is 6.59.